The summed E-state index contributed by atoms with van der Waals surface area (Å²) in [5, 5.41) is 13.9. The Labute approximate surface area is 204 Å². The summed E-state index contributed by atoms with van der Waals surface area (Å²) in [7, 11) is 1.74. The van der Waals surface area contributed by atoms with Crippen molar-refractivity contribution in [2.45, 2.75) is 59.0 Å². The van der Waals surface area contributed by atoms with E-state index < -0.39 is 17.8 Å². The molecular weight excluding hydrogens is 449 g/mol. The zero-order valence-corrected chi connectivity index (χ0v) is 20.6. The first-order valence-electron chi connectivity index (χ1n) is 12.1. The number of pyridine rings is 1. The molecule has 0 radical (unpaired) electrons. The van der Waals surface area contributed by atoms with Crippen molar-refractivity contribution in [2.24, 2.45) is 18.9 Å². The summed E-state index contributed by atoms with van der Waals surface area (Å²) in [6.07, 6.45) is 8.25. The number of anilines is 1. The molecule has 10 heteroatoms. The van der Waals surface area contributed by atoms with Gasteiger partial charge < -0.3 is 10.6 Å². The van der Waals surface area contributed by atoms with E-state index in [1.54, 1.807) is 34.9 Å². The van der Waals surface area contributed by atoms with Gasteiger partial charge in [-0.3, -0.25) is 19.0 Å². The van der Waals surface area contributed by atoms with Crippen LogP contribution in [0.2, 0.25) is 0 Å². The van der Waals surface area contributed by atoms with Crippen molar-refractivity contribution >= 4 is 17.6 Å². The standard InChI is InChI=1S/C25H32FN7O2/c1-5-33-20(10-11-28-33)24(34)31-22(17-8-6-15(2)7-9-17)25(35)30-21-12-19(26)18(14-27-21)23-16(3)13-29-32(23)4/h10-15,17,22H,5-9H2,1-4H3,(H,31,34)(H,27,30,35)/t15-,17-,22-/m0/s1. The van der Waals surface area contributed by atoms with E-state index in [0.717, 1.165) is 31.2 Å². The van der Waals surface area contributed by atoms with Gasteiger partial charge in [-0.25, -0.2) is 9.37 Å². The Hall–Kier alpha value is -3.56. The summed E-state index contributed by atoms with van der Waals surface area (Å²) >= 11 is 0. The zero-order valence-electron chi connectivity index (χ0n) is 20.6. The monoisotopic (exact) mass is 481 g/mol. The molecule has 3 aromatic rings. The van der Waals surface area contributed by atoms with E-state index in [-0.39, 0.29) is 17.6 Å². The number of rotatable bonds is 7. The highest BCUT2D eigenvalue weighted by Gasteiger charge is 2.33. The number of aromatic nitrogens is 5. The fourth-order valence-electron chi connectivity index (χ4n) is 4.82. The first kappa shape index (κ1) is 24.6. The van der Waals surface area contributed by atoms with Gasteiger partial charge in [0.25, 0.3) is 5.91 Å². The topological polar surface area (TPSA) is 107 Å². The highest BCUT2D eigenvalue weighted by atomic mass is 19.1. The Bertz CT molecular complexity index is 1190. The SMILES string of the molecule is CCn1nccc1C(=O)N[C@H](C(=O)Nc1cc(F)c(-c2c(C)cnn2C)cn1)[C@H]1CC[C@H](C)CC1. The third-order valence-corrected chi connectivity index (χ3v) is 6.83. The maximum absolute atomic E-state index is 15.0. The number of halogens is 1. The van der Waals surface area contributed by atoms with Gasteiger partial charge in [0.1, 0.15) is 23.4 Å². The highest BCUT2D eigenvalue weighted by molar-refractivity contribution is 6.00. The van der Waals surface area contributed by atoms with Crippen molar-refractivity contribution in [3.63, 3.8) is 0 Å². The predicted octanol–water partition coefficient (Wildman–Crippen LogP) is 3.71. The molecule has 0 aliphatic heterocycles. The van der Waals surface area contributed by atoms with Crippen LogP contribution < -0.4 is 10.6 Å². The lowest BCUT2D eigenvalue weighted by atomic mass is 9.79. The molecule has 1 aliphatic rings. The van der Waals surface area contributed by atoms with E-state index in [9.17, 15) is 14.0 Å². The second-order valence-corrected chi connectivity index (χ2v) is 9.34. The van der Waals surface area contributed by atoms with E-state index in [0.29, 0.717) is 29.4 Å². The molecule has 0 bridgehead atoms. The van der Waals surface area contributed by atoms with Crippen molar-refractivity contribution in [2.75, 3.05) is 5.32 Å². The number of aryl methyl sites for hydroxylation is 3. The van der Waals surface area contributed by atoms with Gasteiger partial charge in [0.15, 0.2) is 0 Å². The Morgan fingerprint density at radius 1 is 1.20 bits per heavy atom. The lowest BCUT2D eigenvalue weighted by molar-refractivity contribution is -0.119. The summed E-state index contributed by atoms with van der Waals surface area (Å²) in [6, 6.07) is 2.07. The van der Waals surface area contributed by atoms with E-state index >= 15 is 0 Å². The van der Waals surface area contributed by atoms with Crippen molar-refractivity contribution in [3.8, 4) is 11.3 Å². The molecule has 1 saturated carbocycles. The van der Waals surface area contributed by atoms with Gasteiger partial charge in [-0.15, -0.1) is 0 Å². The Morgan fingerprint density at radius 3 is 2.57 bits per heavy atom. The summed E-state index contributed by atoms with van der Waals surface area (Å²) < 4.78 is 18.2. The van der Waals surface area contributed by atoms with E-state index in [4.69, 9.17) is 0 Å². The third kappa shape index (κ3) is 5.26. The van der Waals surface area contributed by atoms with Crippen LogP contribution in [0.1, 0.15) is 55.6 Å². The molecule has 186 valence electrons. The normalized spacial score (nSPS) is 18.8. The smallest absolute Gasteiger partial charge is 0.270 e. The maximum atomic E-state index is 15.0. The van der Waals surface area contributed by atoms with Crippen LogP contribution in [0.15, 0.2) is 30.7 Å². The van der Waals surface area contributed by atoms with Crippen molar-refractivity contribution in [1.29, 1.82) is 0 Å². The van der Waals surface area contributed by atoms with Gasteiger partial charge in [-0.2, -0.15) is 10.2 Å². The molecular formula is C25H32FN7O2. The second-order valence-electron chi connectivity index (χ2n) is 9.34. The Morgan fingerprint density at radius 2 is 1.94 bits per heavy atom. The van der Waals surface area contributed by atoms with E-state index in [1.165, 1.54) is 12.3 Å². The zero-order chi connectivity index (χ0) is 25.1. The van der Waals surface area contributed by atoms with Crippen molar-refractivity contribution < 1.29 is 14.0 Å². The first-order valence-corrected chi connectivity index (χ1v) is 12.1. The molecule has 2 N–H and O–H groups in total. The summed E-state index contributed by atoms with van der Waals surface area (Å²) in [6.45, 7) is 6.48. The summed E-state index contributed by atoms with van der Waals surface area (Å²) in [5.41, 5.74) is 2.15. The van der Waals surface area contributed by atoms with Crippen LogP contribution in [0.3, 0.4) is 0 Å². The quantitative estimate of drug-likeness (QED) is 0.535. The molecule has 1 atom stereocenters. The molecule has 0 spiro atoms. The molecule has 35 heavy (non-hydrogen) atoms. The lowest BCUT2D eigenvalue weighted by Crippen LogP contribution is -2.49. The maximum Gasteiger partial charge on any atom is 0.270 e. The minimum Gasteiger partial charge on any atom is -0.339 e. The van der Waals surface area contributed by atoms with E-state index in [2.05, 4.69) is 32.7 Å². The molecule has 9 nitrogen and oxygen atoms in total. The van der Waals surface area contributed by atoms with Gasteiger partial charge in [0, 0.05) is 32.1 Å². The number of hydrogen-bond donors (Lipinski definition) is 2. The molecule has 4 rings (SSSR count). The van der Waals surface area contributed by atoms with E-state index in [1.807, 2.05) is 13.8 Å². The van der Waals surface area contributed by atoms with Gasteiger partial charge in [-0.05, 0) is 50.2 Å². The average molecular weight is 482 g/mol. The average Bonchev–Trinajstić information content (AvgIpc) is 3.44. The second kappa shape index (κ2) is 10.4. The largest absolute Gasteiger partial charge is 0.339 e. The van der Waals surface area contributed by atoms with Gasteiger partial charge >= 0.3 is 0 Å². The van der Waals surface area contributed by atoms with Crippen LogP contribution in [0.5, 0.6) is 0 Å². The molecule has 3 heterocycles. The van der Waals surface area contributed by atoms with Crippen LogP contribution in [0.4, 0.5) is 10.2 Å². The number of carbonyl (C=O) groups is 2. The minimum atomic E-state index is -0.765. The van der Waals surface area contributed by atoms with Crippen molar-refractivity contribution in [3.05, 3.63) is 47.8 Å². The van der Waals surface area contributed by atoms with Gasteiger partial charge in [0.05, 0.1) is 17.5 Å². The van der Waals surface area contributed by atoms with Crippen molar-refractivity contribution in [1.82, 2.24) is 29.9 Å². The molecule has 0 aromatic carbocycles. The summed E-state index contributed by atoms with van der Waals surface area (Å²) in [5.74, 6) is -0.611. The predicted molar refractivity (Wildman–Crippen MR) is 130 cm³/mol. The number of nitrogens with zero attached hydrogens (tertiary/aromatic N) is 5. The Balaban J connectivity index is 1.55. The fourth-order valence-corrected chi connectivity index (χ4v) is 4.82. The van der Waals surface area contributed by atoms with Gasteiger partial charge in [-0.1, -0.05) is 19.8 Å². The molecule has 1 aliphatic carbocycles. The van der Waals surface area contributed by atoms with Gasteiger partial charge in [0.2, 0.25) is 5.91 Å². The first-order chi connectivity index (χ1) is 16.8. The number of hydrogen-bond acceptors (Lipinski definition) is 5. The van der Waals surface area contributed by atoms with Crippen LogP contribution in [0.25, 0.3) is 11.3 Å². The van der Waals surface area contributed by atoms with Crippen LogP contribution in [-0.2, 0) is 18.4 Å². The number of carbonyl (C=O) groups excluding carboxylic acids is 2. The molecule has 2 amide bonds. The number of amides is 2. The number of nitrogens with one attached hydrogen (secondary N) is 2. The van der Waals surface area contributed by atoms with Crippen LogP contribution in [-0.4, -0.2) is 42.4 Å². The molecule has 3 aromatic heterocycles. The minimum absolute atomic E-state index is 0.0191. The molecule has 1 fully saturated rings. The lowest BCUT2D eigenvalue weighted by Gasteiger charge is -2.32. The van der Waals surface area contributed by atoms with Crippen LogP contribution in [0, 0.1) is 24.6 Å². The summed E-state index contributed by atoms with van der Waals surface area (Å²) in [4.78, 5) is 30.7. The van der Waals surface area contributed by atoms with Crippen LogP contribution >= 0.6 is 0 Å². The highest BCUT2D eigenvalue weighted by Crippen LogP contribution is 2.31. The molecule has 0 unspecified atom stereocenters. The Kier molecular flexibility index (Phi) is 7.28. The fraction of sp³-hybridized carbons (Fsp3) is 0.480. The third-order valence-electron chi connectivity index (χ3n) is 6.83. The molecule has 0 saturated heterocycles.